The fourth-order valence-electron chi connectivity index (χ4n) is 4.59. The Balaban J connectivity index is 1.57. The number of aryl methyl sites for hydroxylation is 3. The summed E-state index contributed by atoms with van der Waals surface area (Å²) in [6, 6.07) is 19.7. The number of pyridine rings is 2. The van der Waals surface area contributed by atoms with Crippen LogP contribution in [-0.4, -0.2) is 35.7 Å². The number of anilines is 1. The molecule has 9 heteroatoms. The first-order valence-electron chi connectivity index (χ1n) is 12.3. The molecule has 1 aromatic carbocycles. The van der Waals surface area contributed by atoms with Crippen LogP contribution in [0.3, 0.4) is 0 Å². The van der Waals surface area contributed by atoms with Crippen LogP contribution in [0.5, 0.6) is 0 Å². The van der Waals surface area contributed by atoms with Crippen molar-refractivity contribution in [2.75, 3.05) is 12.3 Å². The normalized spacial score (nSPS) is 12.2. The summed E-state index contributed by atoms with van der Waals surface area (Å²) in [6.45, 7) is 8.81. The van der Waals surface area contributed by atoms with Gasteiger partial charge in [-0.05, 0) is 57.5 Å². The van der Waals surface area contributed by atoms with Crippen molar-refractivity contribution in [3.8, 4) is 22.4 Å². The van der Waals surface area contributed by atoms with Gasteiger partial charge in [0.05, 0.1) is 23.5 Å². The van der Waals surface area contributed by atoms with E-state index < -0.39 is 0 Å². The molecule has 4 heterocycles. The van der Waals surface area contributed by atoms with Gasteiger partial charge in [-0.25, -0.2) is 18.9 Å². The summed E-state index contributed by atoms with van der Waals surface area (Å²) in [4.78, 5) is 27.2. The van der Waals surface area contributed by atoms with E-state index in [9.17, 15) is 4.79 Å². The summed E-state index contributed by atoms with van der Waals surface area (Å²) in [5.41, 5.74) is 13.3. The van der Waals surface area contributed by atoms with Gasteiger partial charge in [0.1, 0.15) is 0 Å². The summed E-state index contributed by atoms with van der Waals surface area (Å²) >= 11 is 0. The van der Waals surface area contributed by atoms with Crippen LogP contribution in [0.15, 0.2) is 65.5 Å². The third-order valence-electron chi connectivity index (χ3n) is 6.30. The summed E-state index contributed by atoms with van der Waals surface area (Å²) < 4.78 is 2.83. The molecule has 0 radical (unpaired) electrons. The predicted octanol–water partition coefficient (Wildman–Crippen LogP) is 3.87. The third kappa shape index (κ3) is 4.85. The highest BCUT2D eigenvalue weighted by Crippen LogP contribution is 2.34. The van der Waals surface area contributed by atoms with Crippen LogP contribution >= 0.6 is 0 Å². The number of hydrogen-bond acceptors (Lipinski definition) is 7. The Morgan fingerprint density at radius 1 is 0.892 bits per heavy atom. The Labute approximate surface area is 215 Å². The number of benzene rings is 1. The van der Waals surface area contributed by atoms with Crippen LogP contribution in [-0.2, 0) is 6.54 Å². The maximum absolute atomic E-state index is 13.4. The fourth-order valence-corrected chi connectivity index (χ4v) is 4.59. The first-order chi connectivity index (χ1) is 17.8. The SMILES string of the molecule is Cc1cc(-c2c(-c3ccccc3)nc(N)n3c(=O)n(CCNC(C)c4cccc(C)n4)nc23)cc(C)n1. The van der Waals surface area contributed by atoms with E-state index in [1.807, 2.05) is 81.4 Å². The van der Waals surface area contributed by atoms with E-state index in [0.717, 1.165) is 39.5 Å². The van der Waals surface area contributed by atoms with Crippen molar-refractivity contribution < 1.29 is 0 Å². The predicted molar refractivity (Wildman–Crippen MR) is 145 cm³/mol. The van der Waals surface area contributed by atoms with Gasteiger partial charge in [-0.2, -0.15) is 0 Å². The second-order valence-corrected chi connectivity index (χ2v) is 9.24. The van der Waals surface area contributed by atoms with Gasteiger partial charge in [0, 0.05) is 35.2 Å². The lowest BCUT2D eigenvalue weighted by atomic mass is 9.99. The molecule has 0 saturated heterocycles. The van der Waals surface area contributed by atoms with Gasteiger partial charge >= 0.3 is 5.69 Å². The summed E-state index contributed by atoms with van der Waals surface area (Å²) in [7, 11) is 0. The first kappa shape index (κ1) is 24.3. The maximum atomic E-state index is 13.4. The highest BCUT2D eigenvalue weighted by molar-refractivity contribution is 5.90. The monoisotopic (exact) mass is 494 g/mol. The highest BCUT2D eigenvalue weighted by atomic mass is 16.2. The lowest BCUT2D eigenvalue weighted by molar-refractivity contribution is 0.493. The quantitative estimate of drug-likeness (QED) is 0.353. The molecular weight excluding hydrogens is 464 g/mol. The highest BCUT2D eigenvalue weighted by Gasteiger charge is 2.22. The molecule has 0 spiro atoms. The molecular formula is C28H30N8O. The van der Waals surface area contributed by atoms with Gasteiger partial charge in [-0.1, -0.05) is 36.4 Å². The Kier molecular flexibility index (Phi) is 6.54. The fraction of sp³-hybridized carbons (Fsp3) is 0.250. The van der Waals surface area contributed by atoms with Crippen LogP contribution in [0.4, 0.5) is 5.95 Å². The molecule has 0 aliphatic carbocycles. The van der Waals surface area contributed by atoms with Gasteiger partial charge < -0.3 is 11.1 Å². The Morgan fingerprint density at radius 3 is 2.32 bits per heavy atom. The van der Waals surface area contributed by atoms with Crippen LogP contribution in [0.1, 0.15) is 35.7 Å². The molecule has 0 amide bonds. The number of rotatable bonds is 7. The van der Waals surface area contributed by atoms with Crippen molar-refractivity contribution in [3.05, 3.63) is 93.9 Å². The molecule has 1 atom stereocenters. The topological polar surface area (TPSA) is 116 Å². The summed E-state index contributed by atoms with van der Waals surface area (Å²) in [5.74, 6) is 0.0987. The molecule has 3 N–H and O–H groups in total. The summed E-state index contributed by atoms with van der Waals surface area (Å²) in [5, 5.41) is 8.18. The van der Waals surface area contributed by atoms with Crippen molar-refractivity contribution in [3.63, 3.8) is 0 Å². The van der Waals surface area contributed by atoms with Crippen molar-refractivity contribution in [1.29, 1.82) is 0 Å². The van der Waals surface area contributed by atoms with Crippen molar-refractivity contribution in [2.45, 2.75) is 40.3 Å². The second-order valence-electron chi connectivity index (χ2n) is 9.24. The molecule has 0 aliphatic heterocycles. The minimum Gasteiger partial charge on any atom is -0.369 e. The van der Waals surface area contributed by atoms with Crippen LogP contribution in [0.25, 0.3) is 28.0 Å². The maximum Gasteiger partial charge on any atom is 0.353 e. The molecule has 1 unspecified atom stereocenters. The molecule has 37 heavy (non-hydrogen) atoms. The zero-order valence-corrected chi connectivity index (χ0v) is 21.4. The average Bonchev–Trinajstić information content (AvgIpc) is 3.20. The Bertz CT molecular complexity index is 1620. The van der Waals surface area contributed by atoms with Crippen molar-refractivity contribution >= 4 is 11.6 Å². The number of nitrogen functional groups attached to an aromatic ring is 1. The van der Waals surface area contributed by atoms with Gasteiger partial charge in [-0.3, -0.25) is 9.97 Å². The largest absolute Gasteiger partial charge is 0.369 e. The number of nitrogens with two attached hydrogens (primary N) is 1. The zero-order valence-electron chi connectivity index (χ0n) is 21.4. The lowest BCUT2D eigenvalue weighted by Gasteiger charge is -2.13. The summed E-state index contributed by atoms with van der Waals surface area (Å²) in [6.07, 6.45) is 0. The van der Waals surface area contributed by atoms with E-state index in [1.54, 1.807) is 0 Å². The molecule has 9 nitrogen and oxygen atoms in total. The number of fused-ring (bicyclic) bond motifs is 1. The second kappa shape index (κ2) is 9.94. The average molecular weight is 495 g/mol. The minimum absolute atomic E-state index is 0.0300. The van der Waals surface area contributed by atoms with Gasteiger partial charge in [0.2, 0.25) is 5.95 Å². The molecule has 4 aromatic heterocycles. The van der Waals surface area contributed by atoms with Crippen LogP contribution < -0.4 is 16.7 Å². The minimum atomic E-state index is -0.327. The Morgan fingerprint density at radius 2 is 1.62 bits per heavy atom. The molecule has 0 aliphatic rings. The molecule has 0 fully saturated rings. The number of nitrogens with one attached hydrogen (secondary N) is 1. The molecule has 188 valence electrons. The van der Waals surface area contributed by atoms with Crippen LogP contribution in [0, 0.1) is 20.8 Å². The van der Waals surface area contributed by atoms with Gasteiger partial charge in [0.15, 0.2) is 5.65 Å². The third-order valence-corrected chi connectivity index (χ3v) is 6.30. The zero-order chi connectivity index (χ0) is 26.1. The van der Waals surface area contributed by atoms with E-state index in [1.165, 1.54) is 9.08 Å². The molecule has 5 rings (SSSR count). The van der Waals surface area contributed by atoms with Gasteiger partial charge in [0.25, 0.3) is 0 Å². The molecule has 0 saturated carbocycles. The first-order valence-corrected chi connectivity index (χ1v) is 12.3. The van der Waals surface area contributed by atoms with E-state index >= 15 is 0 Å². The number of aromatic nitrogens is 6. The Hall–Kier alpha value is -4.37. The van der Waals surface area contributed by atoms with E-state index in [0.29, 0.717) is 24.4 Å². The standard InChI is InChI=1S/C28H30N8O/c1-17-9-8-12-23(32-17)20(4)30-13-14-35-28(37)36-26(34-35)24(22-15-18(2)31-19(3)16-22)25(33-27(36)29)21-10-6-5-7-11-21/h5-12,15-16,20,30H,13-14H2,1-4H3,(H2,29,33). The van der Waals surface area contributed by atoms with E-state index in [2.05, 4.69) is 27.2 Å². The van der Waals surface area contributed by atoms with Crippen LogP contribution in [0.2, 0.25) is 0 Å². The molecule has 0 bridgehead atoms. The molecule has 5 aromatic rings. The van der Waals surface area contributed by atoms with E-state index in [-0.39, 0.29) is 17.7 Å². The van der Waals surface area contributed by atoms with E-state index in [4.69, 9.17) is 10.8 Å². The lowest BCUT2D eigenvalue weighted by Crippen LogP contribution is -2.30. The number of hydrogen-bond donors (Lipinski definition) is 2. The smallest absolute Gasteiger partial charge is 0.353 e. The van der Waals surface area contributed by atoms with Gasteiger partial charge in [-0.15, -0.1) is 5.10 Å². The van der Waals surface area contributed by atoms with Crippen molar-refractivity contribution in [2.24, 2.45) is 0 Å². The van der Waals surface area contributed by atoms with Crippen molar-refractivity contribution in [1.82, 2.24) is 34.4 Å². The number of nitrogens with zero attached hydrogens (tertiary/aromatic N) is 6.